The number of benzene rings is 1. The lowest BCUT2D eigenvalue weighted by atomic mass is 10.2. The molecule has 6 nitrogen and oxygen atoms in total. The zero-order valence-corrected chi connectivity index (χ0v) is 14.8. The molecule has 7 heteroatoms. The molecule has 0 spiro atoms. The fourth-order valence-electron chi connectivity index (χ4n) is 3.48. The van der Waals surface area contributed by atoms with Crippen LogP contribution in [0, 0.1) is 5.95 Å². The third kappa shape index (κ3) is 3.70. The van der Waals surface area contributed by atoms with E-state index in [0.717, 1.165) is 5.56 Å². The number of β-amino-alcohol motifs (C(OH)–C–C–N with tert-alkyl or cyclic N) is 1. The predicted molar refractivity (Wildman–Crippen MR) is 98.8 cm³/mol. The Morgan fingerprint density at radius 3 is 2.67 bits per heavy atom. The number of amides is 1. The van der Waals surface area contributed by atoms with Crippen molar-refractivity contribution in [1.82, 2.24) is 19.2 Å². The number of carbonyl (C=O) groups is 1. The molecule has 0 bridgehead atoms. The van der Waals surface area contributed by atoms with E-state index in [-0.39, 0.29) is 12.2 Å². The molecular weight excluding hydrogens is 347 g/mol. The van der Waals surface area contributed by atoms with Crippen molar-refractivity contribution in [2.45, 2.75) is 12.6 Å². The summed E-state index contributed by atoms with van der Waals surface area (Å²) in [4.78, 5) is 20.6. The van der Waals surface area contributed by atoms with Crippen LogP contribution in [-0.2, 0) is 6.54 Å². The van der Waals surface area contributed by atoms with E-state index in [2.05, 4.69) is 9.88 Å². The van der Waals surface area contributed by atoms with E-state index >= 15 is 0 Å². The molecule has 1 N–H and O–H groups in total. The highest BCUT2D eigenvalue weighted by Gasteiger charge is 2.29. The fourth-order valence-corrected chi connectivity index (χ4v) is 3.48. The highest BCUT2D eigenvalue weighted by molar-refractivity contribution is 5.93. The second-order valence-electron chi connectivity index (χ2n) is 6.81. The van der Waals surface area contributed by atoms with E-state index < -0.39 is 18.0 Å². The molecule has 140 valence electrons. The topological polar surface area (TPSA) is 61.1 Å². The fraction of sp³-hybridized carbons (Fsp3) is 0.300. The standard InChI is InChI=1S/C20H21FN4O2/c21-19-18(22-17-8-4-5-9-25(17)19)20(27)24-11-10-23(13-16(26)14-24)12-15-6-2-1-3-7-15/h1-9,16,26H,10-14H2. The number of aliphatic hydroxyl groups is 1. The van der Waals surface area contributed by atoms with Gasteiger partial charge in [0, 0.05) is 38.9 Å². The Balaban J connectivity index is 1.50. The number of carbonyl (C=O) groups excluding carboxylic acids is 1. The molecule has 1 atom stereocenters. The van der Waals surface area contributed by atoms with Gasteiger partial charge in [0.1, 0.15) is 5.65 Å². The van der Waals surface area contributed by atoms with Gasteiger partial charge in [-0.15, -0.1) is 0 Å². The van der Waals surface area contributed by atoms with Crippen molar-refractivity contribution in [2.24, 2.45) is 0 Å². The van der Waals surface area contributed by atoms with Crippen molar-refractivity contribution in [3.63, 3.8) is 0 Å². The van der Waals surface area contributed by atoms with Gasteiger partial charge < -0.3 is 10.0 Å². The molecule has 0 saturated carbocycles. The van der Waals surface area contributed by atoms with Crippen molar-refractivity contribution < 1.29 is 14.3 Å². The van der Waals surface area contributed by atoms with Crippen LogP contribution >= 0.6 is 0 Å². The minimum absolute atomic E-state index is 0.164. The molecule has 0 aliphatic carbocycles. The molecular formula is C20H21FN4O2. The summed E-state index contributed by atoms with van der Waals surface area (Å²) >= 11 is 0. The number of nitrogens with zero attached hydrogens (tertiary/aromatic N) is 4. The summed E-state index contributed by atoms with van der Waals surface area (Å²) in [5.74, 6) is -1.16. The van der Waals surface area contributed by atoms with Gasteiger partial charge in [-0.3, -0.25) is 14.1 Å². The quantitative estimate of drug-likeness (QED) is 0.766. The third-order valence-electron chi connectivity index (χ3n) is 4.80. The van der Waals surface area contributed by atoms with Crippen molar-refractivity contribution in [1.29, 1.82) is 0 Å². The Bertz CT molecular complexity index is 944. The molecule has 1 unspecified atom stereocenters. The summed E-state index contributed by atoms with van der Waals surface area (Å²) in [5, 5.41) is 10.4. The zero-order valence-electron chi connectivity index (χ0n) is 14.8. The van der Waals surface area contributed by atoms with E-state index in [1.807, 2.05) is 30.3 Å². The molecule has 1 aromatic carbocycles. The number of hydrogen-bond acceptors (Lipinski definition) is 4. The number of pyridine rings is 1. The highest BCUT2D eigenvalue weighted by Crippen LogP contribution is 2.16. The van der Waals surface area contributed by atoms with Crippen LogP contribution in [-0.4, -0.2) is 62.5 Å². The summed E-state index contributed by atoms with van der Waals surface area (Å²) in [6, 6.07) is 15.1. The second kappa shape index (κ2) is 7.46. The second-order valence-corrected chi connectivity index (χ2v) is 6.81. The minimum atomic E-state index is -0.694. The van der Waals surface area contributed by atoms with Crippen LogP contribution < -0.4 is 0 Å². The average molecular weight is 368 g/mol. The number of imidazole rings is 1. The summed E-state index contributed by atoms with van der Waals surface area (Å²) in [6.45, 7) is 2.34. The lowest BCUT2D eigenvalue weighted by molar-refractivity contribution is 0.0653. The van der Waals surface area contributed by atoms with Gasteiger partial charge in [-0.05, 0) is 17.7 Å². The number of hydrogen-bond donors (Lipinski definition) is 1. The molecule has 0 radical (unpaired) electrons. The van der Waals surface area contributed by atoms with Crippen molar-refractivity contribution in [3.05, 3.63) is 71.9 Å². The van der Waals surface area contributed by atoms with Crippen molar-refractivity contribution in [3.8, 4) is 0 Å². The molecule has 1 fully saturated rings. The number of aliphatic hydroxyl groups excluding tert-OH is 1. The maximum Gasteiger partial charge on any atom is 0.277 e. The summed E-state index contributed by atoms with van der Waals surface area (Å²) in [5.41, 5.74) is 1.33. The van der Waals surface area contributed by atoms with E-state index in [1.54, 1.807) is 18.2 Å². The van der Waals surface area contributed by atoms with Crippen LogP contribution in [0.4, 0.5) is 4.39 Å². The van der Waals surface area contributed by atoms with Gasteiger partial charge >= 0.3 is 0 Å². The minimum Gasteiger partial charge on any atom is -0.390 e. The summed E-state index contributed by atoms with van der Waals surface area (Å²) in [6.07, 6.45) is 0.841. The van der Waals surface area contributed by atoms with Crippen LogP contribution in [0.5, 0.6) is 0 Å². The van der Waals surface area contributed by atoms with Crippen LogP contribution in [0.1, 0.15) is 16.1 Å². The van der Waals surface area contributed by atoms with Gasteiger partial charge in [-0.1, -0.05) is 36.4 Å². The van der Waals surface area contributed by atoms with E-state index in [4.69, 9.17) is 0 Å². The Labute approximate surface area is 156 Å². The Kier molecular flexibility index (Phi) is 4.87. The van der Waals surface area contributed by atoms with E-state index in [0.29, 0.717) is 31.8 Å². The largest absolute Gasteiger partial charge is 0.390 e. The molecule has 1 aliphatic rings. The van der Waals surface area contributed by atoms with Gasteiger partial charge in [0.05, 0.1) is 6.10 Å². The maximum atomic E-state index is 14.6. The molecule has 27 heavy (non-hydrogen) atoms. The first kappa shape index (κ1) is 17.6. The number of aromatic nitrogens is 2. The monoisotopic (exact) mass is 368 g/mol. The van der Waals surface area contributed by atoms with Gasteiger partial charge in [0.2, 0.25) is 5.95 Å². The van der Waals surface area contributed by atoms with E-state index in [1.165, 1.54) is 15.5 Å². The SMILES string of the molecule is O=C(c1nc2ccccn2c1F)N1CCN(Cc2ccccc2)CC(O)C1. The van der Waals surface area contributed by atoms with Gasteiger partial charge in [0.15, 0.2) is 5.69 Å². The predicted octanol–water partition coefficient (Wildman–Crippen LogP) is 1.79. The summed E-state index contributed by atoms with van der Waals surface area (Å²) < 4.78 is 15.8. The van der Waals surface area contributed by atoms with Crippen LogP contribution in [0.25, 0.3) is 5.65 Å². The van der Waals surface area contributed by atoms with Gasteiger partial charge in [0.25, 0.3) is 5.91 Å². The van der Waals surface area contributed by atoms with Gasteiger partial charge in [-0.25, -0.2) is 4.98 Å². The van der Waals surface area contributed by atoms with Crippen molar-refractivity contribution in [2.75, 3.05) is 26.2 Å². The van der Waals surface area contributed by atoms with E-state index in [9.17, 15) is 14.3 Å². The molecule has 1 aliphatic heterocycles. The third-order valence-corrected chi connectivity index (χ3v) is 4.80. The van der Waals surface area contributed by atoms with Crippen LogP contribution in [0.3, 0.4) is 0 Å². The first-order valence-corrected chi connectivity index (χ1v) is 8.98. The highest BCUT2D eigenvalue weighted by atomic mass is 19.1. The summed E-state index contributed by atoms with van der Waals surface area (Å²) in [7, 11) is 0. The molecule has 1 saturated heterocycles. The number of rotatable bonds is 3. The maximum absolute atomic E-state index is 14.6. The van der Waals surface area contributed by atoms with Gasteiger partial charge in [-0.2, -0.15) is 4.39 Å². The zero-order chi connectivity index (χ0) is 18.8. The Morgan fingerprint density at radius 1 is 1.11 bits per heavy atom. The van der Waals surface area contributed by atoms with Crippen molar-refractivity contribution >= 4 is 11.6 Å². The Hall–Kier alpha value is -2.77. The number of halogens is 1. The molecule has 3 heterocycles. The van der Waals surface area contributed by atoms with Crippen LogP contribution in [0.15, 0.2) is 54.7 Å². The first-order chi connectivity index (χ1) is 13.1. The normalized spacial score (nSPS) is 18.6. The molecule has 1 amide bonds. The lowest BCUT2D eigenvalue weighted by Gasteiger charge is -2.21. The lowest BCUT2D eigenvalue weighted by Crippen LogP contribution is -2.38. The van der Waals surface area contributed by atoms with Crippen LogP contribution in [0.2, 0.25) is 0 Å². The molecule has 4 rings (SSSR count). The first-order valence-electron chi connectivity index (χ1n) is 8.98. The Morgan fingerprint density at radius 2 is 1.89 bits per heavy atom. The average Bonchev–Trinajstić information content (AvgIpc) is 2.90. The molecule has 2 aromatic heterocycles. The smallest absolute Gasteiger partial charge is 0.277 e. The number of fused-ring (bicyclic) bond motifs is 1. The molecule has 3 aromatic rings.